The molecule has 0 aromatic heterocycles. The Morgan fingerprint density at radius 2 is 1.54 bits per heavy atom. The lowest BCUT2D eigenvalue weighted by Gasteiger charge is -2.09. The SMILES string of the molecule is O=C(Cc1ccc2ccccc2c1)NNC(=O)c1ccccc1Cl. The van der Waals surface area contributed by atoms with Crippen LogP contribution in [0.3, 0.4) is 0 Å². The summed E-state index contributed by atoms with van der Waals surface area (Å²) in [5.74, 6) is -0.752. The highest BCUT2D eigenvalue weighted by Gasteiger charge is 2.11. The lowest BCUT2D eigenvalue weighted by atomic mass is 10.1. The van der Waals surface area contributed by atoms with Crippen LogP contribution in [0.2, 0.25) is 5.02 Å². The van der Waals surface area contributed by atoms with E-state index in [1.807, 2.05) is 42.5 Å². The van der Waals surface area contributed by atoms with E-state index in [-0.39, 0.29) is 12.3 Å². The smallest absolute Gasteiger partial charge is 0.271 e. The fraction of sp³-hybridized carbons (Fsp3) is 0.0526. The summed E-state index contributed by atoms with van der Waals surface area (Å²) >= 11 is 5.95. The summed E-state index contributed by atoms with van der Waals surface area (Å²) in [7, 11) is 0. The first-order valence-corrected chi connectivity index (χ1v) is 7.83. The molecule has 0 fully saturated rings. The van der Waals surface area contributed by atoms with E-state index in [4.69, 9.17) is 11.6 Å². The molecule has 0 atom stereocenters. The predicted molar refractivity (Wildman–Crippen MR) is 94.7 cm³/mol. The molecular weight excluding hydrogens is 324 g/mol. The van der Waals surface area contributed by atoms with E-state index in [1.54, 1.807) is 24.3 Å². The van der Waals surface area contributed by atoms with Gasteiger partial charge in [-0.05, 0) is 28.5 Å². The van der Waals surface area contributed by atoms with Crippen molar-refractivity contribution in [1.29, 1.82) is 0 Å². The van der Waals surface area contributed by atoms with Gasteiger partial charge in [-0.2, -0.15) is 0 Å². The molecule has 3 aromatic carbocycles. The highest BCUT2D eigenvalue weighted by molar-refractivity contribution is 6.33. The van der Waals surface area contributed by atoms with E-state index in [1.165, 1.54) is 0 Å². The van der Waals surface area contributed by atoms with Crippen molar-refractivity contribution in [2.75, 3.05) is 0 Å². The Balaban J connectivity index is 1.61. The zero-order valence-electron chi connectivity index (χ0n) is 12.8. The maximum atomic E-state index is 12.0. The molecule has 0 aliphatic rings. The van der Waals surface area contributed by atoms with Crippen LogP contribution in [-0.4, -0.2) is 11.8 Å². The summed E-state index contributed by atoms with van der Waals surface area (Å²) in [4.78, 5) is 24.0. The molecule has 0 spiro atoms. The van der Waals surface area contributed by atoms with Crippen LogP contribution in [0.1, 0.15) is 15.9 Å². The third kappa shape index (κ3) is 3.73. The minimum Gasteiger partial charge on any atom is -0.273 e. The highest BCUT2D eigenvalue weighted by atomic mass is 35.5. The number of hydrogen-bond acceptors (Lipinski definition) is 2. The molecule has 0 aliphatic carbocycles. The Labute approximate surface area is 144 Å². The number of fused-ring (bicyclic) bond motifs is 1. The largest absolute Gasteiger partial charge is 0.273 e. The number of carbonyl (C=O) groups is 2. The molecule has 0 aliphatic heterocycles. The van der Waals surface area contributed by atoms with Crippen molar-refractivity contribution in [3.8, 4) is 0 Å². The van der Waals surface area contributed by atoms with Gasteiger partial charge in [-0.1, -0.05) is 66.2 Å². The summed E-state index contributed by atoms with van der Waals surface area (Å²) in [6.07, 6.45) is 0.174. The van der Waals surface area contributed by atoms with E-state index in [0.717, 1.165) is 16.3 Å². The van der Waals surface area contributed by atoms with Crippen molar-refractivity contribution < 1.29 is 9.59 Å². The Hall–Kier alpha value is -2.85. The number of halogens is 1. The van der Waals surface area contributed by atoms with Gasteiger partial charge in [-0.25, -0.2) is 0 Å². The molecule has 0 saturated heterocycles. The van der Waals surface area contributed by atoms with Gasteiger partial charge in [0.2, 0.25) is 5.91 Å². The standard InChI is InChI=1S/C19H15ClN2O2/c20-17-8-4-3-7-16(17)19(24)22-21-18(23)12-13-9-10-14-5-1-2-6-15(14)11-13/h1-11H,12H2,(H,21,23)(H,22,24). The molecular formula is C19H15ClN2O2. The molecule has 2 N–H and O–H groups in total. The van der Waals surface area contributed by atoms with Crippen molar-refractivity contribution in [1.82, 2.24) is 10.9 Å². The van der Waals surface area contributed by atoms with Crippen molar-refractivity contribution >= 4 is 34.2 Å². The molecule has 2 amide bonds. The fourth-order valence-electron chi connectivity index (χ4n) is 2.42. The number of rotatable bonds is 3. The molecule has 4 nitrogen and oxygen atoms in total. The second-order valence-electron chi connectivity index (χ2n) is 5.34. The van der Waals surface area contributed by atoms with E-state index < -0.39 is 5.91 Å². The van der Waals surface area contributed by atoms with Gasteiger partial charge in [0.25, 0.3) is 5.91 Å². The number of amides is 2. The average molecular weight is 339 g/mol. The van der Waals surface area contributed by atoms with Crippen molar-refractivity contribution in [3.05, 3.63) is 82.9 Å². The second kappa shape index (κ2) is 7.15. The second-order valence-corrected chi connectivity index (χ2v) is 5.75. The van der Waals surface area contributed by atoms with Gasteiger partial charge in [0, 0.05) is 0 Å². The van der Waals surface area contributed by atoms with Crippen LogP contribution >= 0.6 is 11.6 Å². The van der Waals surface area contributed by atoms with Gasteiger partial charge in [-0.3, -0.25) is 20.4 Å². The van der Waals surface area contributed by atoms with Crippen molar-refractivity contribution in [3.63, 3.8) is 0 Å². The molecule has 0 saturated carbocycles. The third-order valence-corrected chi connectivity index (χ3v) is 3.94. The maximum absolute atomic E-state index is 12.0. The number of carbonyl (C=O) groups excluding carboxylic acids is 2. The van der Waals surface area contributed by atoms with Gasteiger partial charge < -0.3 is 0 Å². The van der Waals surface area contributed by atoms with E-state index in [9.17, 15) is 9.59 Å². The molecule has 0 unspecified atom stereocenters. The summed E-state index contributed by atoms with van der Waals surface area (Å²) in [5.41, 5.74) is 5.97. The lowest BCUT2D eigenvalue weighted by molar-refractivity contribution is -0.121. The first kappa shape index (κ1) is 16.0. The zero-order chi connectivity index (χ0) is 16.9. The van der Waals surface area contributed by atoms with Crippen LogP contribution in [0.25, 0.3) is 10.8 Å². The molecule has 120 valence electrons. The Morgan fingerprint density at radius 1 is 0.833 bits per heavy atom. The van der Waals surface area contributed by atoms with Crippen LogP contribution in [0.4, 0.5) is 0 Å². The normalized spacial score (nSPS) is 10.4. The molecule has 5 heteroatoms. The Morgan fingerprint density at radius 3 is 2.33 bits per heavy atom. The summed E-state index contributed by atoms with van der Waals surface area (Å²) in [6, 6.07) is 20.4. The predicted octanol–water partition coefficient (Wildman–Crippen LogP) is 3.50. The minimum atomic E-state index is -0.451. The Bertz CT molecular complexity index is 909. The van der Waals surface area contributed by atoms with Gasteiger partial charge in [0.05, 0.1) is 17.0 Å². The molecule has 0 bridgehead atoms. The topological polar surface area (TPSA) is 58.2 Å². The van der Waals surface area contributed by atoms with Crippen LogP contribution in [0.5, 0.6) is 0 Å². The number of benzene rings is 3. The monoisotopic (exact) mass is 338 g/mol. The zero-order valence-corrected chi connectivity index (χ0v) is 13.5. The Kier molecular flexibility index (Phi) is 4.77. The van der Waals surface area contributed by atoms with Crippen molar-refractivity contribution in [2.45, 2.75) is 6.42 Å². The van der Waals surface area contributed by atoms with Crippen molar-refractivity contribution in [2.24, 2.45) is 0 Å². The quantitative estimate of drug-likeness (QED) is 0.718. The van der Waals surface area contributed by atoms with Crippen LogP contribution in [0, 0.1) is 0 Å². The van der Waals surface area contributed by atoms with Gasteiger partial charge in [0.15, 0.2) is 0 Å². The number of hydrogen-bond donors (Lipinski definition) is 2. The van der Waals surface area contributed by atoms with Gasteiger partial charge >= 0.3 is 0 Å². The molecule has 3 aromatic rings. The number of nitrogens with one attached hydrogen (secondary N) is 2. The van der Waals surface area contributed by atoms with E-state index >= 15 is 0 Å². The van der Waals surface area contributed by atoms with Crippen LogP contribution < -0.4 is 10.9 Å². The molecule has 3 rings (SSSR count). The lowest BCUT2D eigenvalue weighted by Crippen LogP contribution is -2.42. The average Bonchev–Trinajstić information content (AvgIpc) is 2.60. The van der Waals surface area contributed by atoms with E-state index in [0.29, 0.717) is 10.6 Å². The first-order chi connectivity index (χ1) is 11.6. The van der Waals surface area contributed by atoms with E-state index in [2.05, 4.69) is 10.9 Å². The van der Waals surface area contributed by atoms with Gasteiger partial charge in [0.1, 0.15) is 0 Å². The van der Waals surface area contributed by atoms with Crippen LogP contribution in [0.15, 0.2) is 66.7 Å². The maximum Gasteiger partial charge on any atom is 0.271 e. The molecule has 0 heterocycles. The summed E-state index contributed by atoms with van der Waals surface area (Å²) in [5, 5.41) is 2.52. The third-order valence-electron chi connectivity index (χ3n) is 3.61. The van der Waals surface area contributed by atoms with Gasteiger partial charge in [-0.15, -0.1) is 0 Å². The first-order valence-electron chi connectivity index (χ1n) is 7.45. The summed E-state index contributed by atoms with van der Waals surface area (Å²) < 4.78 is 0. The fourth-order valence-corrected chi connectivity index (χ4v) is 2.64. The molecule has 0 radical (unpaired) electrons. The van der Waals surface area contributed by atoms with Crippen LogP contribution in [-0.2, 0) is 11.2 Å². The summed E-state index contributed by atoms with van der Waals surface area (Å²) in [6.45, 7) is 0. The minimum absolute atomic E-state index is 0.174. The highest BCUT2D eigenvalue weighted by Crippen LogP contribution is 2.16. The molecule has 24 heavy (non-hydrogen) atoms. The number of hydrazine groups is 1.